The molecule has 4 fully saturated rings. The Kier molecular flexibility index (Phi) is 8.68. The Bertz CT molecular complexity index is 2720. The van der Waals surface area contributed by atoms with Crippen molar-refractivity contribution in [2.45, 2.75) is 70.6 Å². The fourth-order valence-corrected chi connectivity index (χ4v) is 8.51. The van der Waals surface area contributed by atoms with Gasteiger partial charge in [-0.15, -0.1) is 0 Å². The van der Waals surface area contributed by atoms with Crippen LogP contribution in [0.4, 0.5) is 37.9 Å². The summed E-state index contributed by atoms with van der Waals surface area (Å²) in [5, 5.41) is 11.0. The third kappa shape index (κ3) is 7.73. The summed E-state index contributed by atoms with van der Waals surface area (Å²) >= 11 is 0. The Hall–Kier alpha value is -5.82. The standard InChI is InChI=1S/C42H50F2N12O5/c1-24(2)56-30-21-33(47-32-6-11-45-42(48-32)54-14-9-26(61-3)10-15-54)46-22-27(30)38(50-56)53-12-7-25(8-13-53)23-51-16-18-52(19-17-51)31-20-28(43)35-36(37(31)44)41(60)55(40(35)59)29-4-5-34(57)49-39(29)58/h6,11,20-22,24-26,29H,4-5,7-10,12-19,23H2,1-3H3,(H,49,57,58)(H,45,46,47,48)/i16D2,17D2,18D2,19D2. The number of nitrogens with one attached hydrogen (secondary N) is 2. The minimum atomic E-state index is -3.65. The predicted molar refractivity (Wildman–Crippen MR) is 222 cm³/mol. The zero-order chi connectivity index (χ0) is 49.7. The topological polar surface area (TPSA) is 174 Å². The first-order valence-corrected chi connectivity index (χ1v) is 20.3. The molecule has 4 amide bonds. The number of fused-ring (bicyclic) bond motifs is 2. The molecular weight excluding hydrogens is 791 g/mol. The Balaban J connectivity index is 0.923. The van der Waals surface area contributed by atoms with Crippen LogP contribution in [-0.4, -0.2) is 136 Å². The molecule has 1 unspecified atom stereocenters. The molecule has 5 aliphatic rings. The van der Waals surface area contributed by atoms with Crippen molar-refractivity contribution in [3.05, 3.63) is 53.4 Å². The first-order chi connectivity index (χ1) is 32.5. The zero-order valence-corrected chi connectivity index (χ0v) is 33.7. The number of rotatable bonds is 10. The van der Waals surface area contributed by atoms with Gasteiger partial charge in [-0.1, -0.05) is 0 Å². The van der Waals surface area contributed by atoms with Crippen molar-refractivity contribution in [2.75, 3.05) is 85.8 Å². The van der Waals surface area contributed by atoms with Crippen molar-refractivity contribution in [3.63, 3.8) is 0 Å². The number of halogens is 2. The normalized spacial score (nSPS) is 26.2. The zero-order valence-electron chi connectivity index (χ0n) is 41.7. The fourth-order valence-electron chi connectivity index (χ4n) is 8.51. The van der Waals surface area contributed by atoms with Crippen LogP contribution in [0.15, 0.2) is 30.6 Å². The fraction of sp³-hybridized carbons (Fsp3) is 0.524. The van der Waals surface area contributed by atoms with Gasteiger partial charge in [0.15, 0.2) is 11.6 Å². The van der Waals surface area contributed by atoms with Gasteiger partial charge >= 0.3 is 0 Å². The molecule has 4 aromatic rings. The van der Waals surface area contributed by atoms with E-state index in [4.69, 9.17) is 25.8 Å². The molecule has 17 nitrogen and oxygen atoms in total. The molecule has 1 aromatic carbocycles. The van der Waals surface area contributed by atoms with Crippen LogP contribution in [-0.2, 0) is 14.3 Å². The highest BCUT2D eigenvalue weighted by Crippen LogP contribution is 2.37. The summed E-state index contributed by atoms with van der Waals surface area (Å²) in [6.07, 6.45) is 5.37. The van der Waals surface area contributed by atoms with E-state index in [1.807, 2.05) is 34.8 Å². The number of carbonyl (C=O) groups excluding carboxylic acids is 4. The quantitative estimate of drug-likeness (QED) is 0.220. The molecule has 1 atom stereocenters. The SMILES string of the molecule is [2H]C1([2H])N(CC2CCN(c3nn(C(C)C)c4cc(Nc5ccnc(N6CCC(OC)CC6)n5)ncc34)CC2)C([2H])([2H])C([2H])([2H])N(c2cc(F)c3c(c2F)C(=O)N(C2CCC(=O)NC2=O)C3=O)C1([2H])[2H]. The minimum absolute atomic E-state index is 0.0554. The lowest BCUT2D eigenvalue weighted by atomic mass is 9.95. The van der Waals surface area contributed by atoms with Gasteiger partial charge in [-0.05, 0) is 57.9 Å². The maximum Gasteiger partial charge on any atom is 0.265 e. The number of methoxy groups -OCH3 is 1. The van der Waals surface area contributed by atoms with E-state index in [9.17, 15) is 19.2 Å². The number of imide groups is 2. The van der Waals surface area contributed by atoms with Gasteiger partial charge in [0.25, 0.3) is 11.8 Å². The lowest BCUT2D eigenvalue weighted by Gasteiger charge is -2.39. The van der Waals surface area contributed by atoms with Crippen LogP contribution >= 0.6 is 0 Å². The highest BCUT2D eigenvalue weighted by Gasteiger charge is 2.48. The van der Waals surface area contributed by atoms with Crippen LogP contribution in [0.5, 0.6) is 0 Å². The average Bonchev–Trinajstić information content (AvgIpc) is 3.81. The van der Waals surface area contributed by atoms with Crippen molar-refractivity contribution in [2.24, 2.45) is 5.92 Å². The molecule has 19 heteroatoms. The number of ether oxygens (including phenoxy) is 1. The van der Waals surface area contributed by atoms with Gasteiger partial charge in [0.05, 0.1) is 39.3 Å². The molecule has 0 spiro atoms. The Labute approximate surface area is 362 Å². The first kappa shape index (κ1) is 32.0. The highest BCUT2D eigenvalue weighted by molar-refractivity contribution is 6.24. The second kappa shape index (κ2) is 16.6. The van der Waals surface area contributed by atoms with Crippen LogP contribution in [0.2, 0.25) is 0 Å². The predicted octanol–water partition coefficient (Wildman–Crippen LogP) is 3.88. The number of anilines is 5. The van der Waals surface area contributed by atoms with Crippen molar-refractivity contribution >= 4 is 63.6 Å². The number of carbonyl (C=O) groups is 4. The molecule has 5 aliphatic heterocycles. The van der Waals surface area contributed by atoms with Gasteiger partial charge in [-0.25, -0.2) is 18.7 Å². The molecule has 8 heterocycles. The smallest absolute Gasteiger partial charge is 0.265 e. The van der Waals surface area contributed by atoms with Gasteiger partial charge < -0.3 is 24.8 Å². The molecule has 2 N–H and O–H groups in total. The molecule has 4 saturated heterocycles. The number of piperazine rings is 1. The van der Waals surface area contributed by atoms with Gasteiger partial charge in [-0.3, -0.25) is 39.0 Å². The number of nitrogens with zero attached hydrogens (tertiary/aromatic N) is 10. The summed E-state index contributed by atoms with van der Waals surface area (Å²) in [5.74, 6) is -6.34. The van der Waals surface area contributed by atoms with E-state index in [-0.39, 0.29) is 40.9 Å². The van der Waals surface area contributed by atoms with Crippen molar-refractivity contribution < 1.29 is 43.7 Å². The first-order valence-electron chi connectivity index (χ1n) is 24.3. The molecule has 0 bridgehead atoms. The van der Waals surface area contributed by atoms with E-state index in [0.717, 1.165) is 36.8 Å². The van der Waals surface area contributed by atoms with Crippen molar-refractivity contribution in [3.8, 4) is 0 Å². The lowest BCUT2D eigenvalue weighted by Crippen LogP contribution is -2.54. The number of benzene rings is 1. The van der Waals surface area contributed by atoms with Gasteiger partial charge in [0.1, 0.15) is 23.5 Å². The Morgan fingerprint density at radius 1 is 0.902 bits per heavy atom. The third-order valence-corrected chi connectivity index (χ3v) is 11.8. The number of aromatic nitrogens is 5. The van der Waals surface area contributed by atoms with E-state index in [0.29, 0.717) is 54.2 Å². The molecule has 9 rings (SSSR count). The average molecular weight is 849 g/mol. The molecule has 0 radical (unpaired) electrons. The van der Waals surface area contributed by atoms with E-state index < -0.39 is 96.6 Å². The molecule has 0 saturated carbocycles. The minimum Gasteiger partial charge on any atom is -0.381 e. The van der Waals surface area contributed by atoms with E-state index in [2.05, 4.69) is 20.2 Å². The number of hydrogen-bond donors (Lipinski definition) is 2. The largest absolute Gasteiger partial charge is 0.381 e. The summed E-state index contributed by atoms with van der Waals surface area (Å²) in [6.45, 7) is -8.42. The maximum absolute atomic E-state index is 16.7. The van der Waals surface area contributed by atoms with Gasteiger partial charge in [0.2, 0.25) is 17.8 Å². The number of hydrogen-bond acceptors (Lipinski definition) is 14. The Morgan fingerprint density at radius 2 is 1.62 bits per heavy atom. The summed E-state index contributed by atoms with van der Waals surface area (Å²) in [6, 6.07) is 2.17. The summed E-state index contributed by atoms with van der Waals surface area (Å²) in [5.41, 5.74) is -2.98. The van der Waals surface area contributed by atoms with Crippen molar-refractivity contribution in [1.29, 1.82) is 0 Å². The summed E-state index contributed by atoms with van der Waals surface area (Å²) in [4.78, 5) is 69.8. The third-order valence-electron chi connectivity index (χ3n) is 11.8. The van der Waals surface area contributed by atoms with Gasteiger partial charge in [-0.2, -0.15) is 10.1 Å². The van der Waals surface area contributed by atoms with Crippen LogP contribution in [0, 0.1) is 17.6 Å². The maximum atomic E-state index is 16.7. The monoisotopic (exact) mass is 848 g/mol. The molecule has 0 aliphatic carbocycles. The number of amides is 4. The highest BCUT2D eigenvalue weighted by atomic mass is 19.1. The van der Waals surface area contributed by atoms with Crippen LogP contribution in [0.3, 0.4) is 0 Å². The molecule has 3 aromatic heterocycles. The van der Waals surface area contributed by atoms with Crippen molar-refractivity contribution in [1.82, 2.24) is 39.8 Å². The molecular formula is C42H50F2N12O5. The Morgan fingerprint density at radius 3 is 2.33 bits per heavy atom. The summed E-state index contributed by atoms with van der Waals surface area (Å²) < 4.78 is 112. The van der Waals surface area contributed by atoms with Crippen LogP contribution in [0.25, 0.3) is 10.9 Å². The van der Waals surface area contributed by atoms with Crippen LogP contribution in [0.1, 0.15) is 90.1 Å². The molecule has 61 heavy (non-hydrogen) atoms. The molecule has 322 valence electrons. The number of piperidine rings is 3. The van der Waals surface area contributed by atoms with E-state index in [1.165, 1.54) is 0 Å². The number of pyridine rings is 1. The van der Waals surface area contributed by atoms with E-state index in [1.54, 1.807) is 25.6 Å². The van der Waals surface area contributed by atoms with Gasteiger partial charge in [0, 0.05) is 108 Å². The van der Waals surface area contributed by atoms with Crippen LogP contribution < -0.4 is 25.3 Å². The lowest BCUT2D eigenvalue weighted by molar-refractivity contribution is -0.136. The summed E-state index contributed by atoms with van der Waals surface area (Å²) in [7, 11) is 1.72. The van der Waals surface area contributed by atoms with E-state index >= 15 is 8.78 Å². The second-order valence-corrected chi connectivity index (χ2v) is 15.9. The second-order valence-electron chi connectivity index (χ2n) is 15.9.